The second-order valence-electron chi connectivity index (χ2n) is 8.19. The van der Waals surface area contributed by atoms with E-state index >= 15 is 0 Å². The molecule has 0 radical (unpaired) electrons. The fraction of sp³-hybridized carbons (Fsp3) is 0.600. The van der Waals surface area contributed by atoms with E-state index in [0.29, 0.717) is 19.3 Å². The minimum atomic E-state index is -0.476. The topological polar surface area (TPSA) is 63.6 Å². The van der Waals surface area contributed by atoms with Gasteiger partial charge in [0, 0.05) is 29.7 Å². The van der Waals surface area contributed by atoms with Gasteiger partial charge < -0.3 is 9.84 Å². The highest BCUT2D eigenvalue weighted by atomic mass is 35.5. The molecule has 1 fully saturated rings. The third-order valence-corrected chi connectivity index (χ3v) is 6.49. The maximum absolute atomic E-state index is 12.3. The SMILES string of the molecule is CCCCCC(=O)c1ccc(C2[C@@H](C/C=C\CCCC(=O)OC)C(Cl)C[C@H]2O)cc1. The van der Waals surface area contributed by atoms with E-state index in [2.05, 4.69) is 23.8 Å². The number of rotatable bonds is 12. The number of allylic oxidation sites excluding steroid dienone is 2. The van der Waals surface area contributed by atoms with Crippen LogP contribution in [0.15, 0.2) is 36.4 Å². The number of carbonyl (C=O) groups is 2. The smallest absolute Gasteiger partial charge is 0.305 e. The summed E-state index contributed by atoms with van der Waals surface area (Å²) >= 11 is 6.56. The zero-order valence-electron chi connectivity index (χ0n) is 18.2. The van der Waals surface area contributed by atoms with Gasteiger partial charge in [0.15, 0.2) is 5.78 Å². The molecule has 0 aromatic heterocycles. The first kappa shape index (κ1) is 24.6. The van der Waals surface area contributed by atoms with Gasteiger partial charge in [0.2, 0.25) is 0 Å². The van der Waals surface area contributed by atoms with E-state index in [1.54, 1.807) is 0 Å². The molecular weight excluding hydrogens is 400 g/mol. The number of carbonyl (C=O) groups excluding carboxylic acids is 2. The van der Waals surface area contributed by atoms with Crippen LogP contribution in [0, 0.1) is 5.92 Å². The Kier molecular flexibility index (Phi) is 10.6. The number of methoxy groups -OCH3 is 1. The van der Waals surface area contributed by atoms with Crippen molar-refractivity contribution in [3.63, 3.8) is 0 Å². The third kappa shape index (κ3) is 7.24. The number of aliphatic hydroxyl groups excluding tert-OH is 1. The van der Waals surface area contributed by atoms with Crippen LogP contribution in [0.5, 0.6) is 0 Å². The molecule has 0 bridgehead atoms. The molecule has 2 unspecified atom stereocenters. The van der Waals surface area contributed by atoms with E-state index in [4.69, 9.17) is 11.6 Å². The van der Waals surface area contributed by atoms with Crippen LogP contribution in [-0.4, -0.2) is 35.4 Å². The first-order valence-corrected chi connectivity index (χ1v) is 11.6. The summed E-state index contributed by atoms with van der Waals surface area (Å²) in [6.45, 7) is 2.13. The van der Waals surface area contributed by atoms with E-state index in [0.717, 1.165) is 49.7 Å². The largest absolute Gasteiger partial charge is 0.469 e. The number of hydrogen-bond acceptors (Lipinski definition) is 4. The summed E-state index contributed by atoms with van der Waals surface area (Å²) in [5.41, 5.74) is 1.78. The van der Waals surface area contributed by atoms with Gasteiger partial charge in [-0.15, -0.1) is 11.6 Å². The van der Waals surface area contributed by atoms with Crippen LogP contribution in [0.2, 0.25) is 0 Å². The Labute approximate surface area is 185 Å². The first-order chi connectivity index (χ1) is 14.5. The zero-order chi connectivity index (χ0) is 21.9. The number of hydrogen-bond donors (Lipinski definition) is 1. The van der Waals surface area contributed by atoms with Crippen LogP contribution >= 0.6 is 11.6 Å². The Morgan fingerprint density at radius 3 is 2.53 bits per heavy atom. The lowest BCUT2D eigenvalue weighted by Crippen LogP contribution is -2.18. The summed E-state index contributed by atoms with van der Waals surface area (Å²) in [5.74, 6) is 0.111. The second kappa shape index (κ2) is 12.9. The Morgan fingerprint density at radius 2 is 1.87 bits per heavy atom. The molecule has 30 heavy (non-hydrogen) atoms. The van der Waals surface area contributed by atoms with Crippen molar-refractivity contribution >= 4 is 23.4 Å². The molecule has 1 N–H and O–H groups in total. The number of esters is 1. The van der Waals surface area contributed by atoms with E-state index in [1.165, 1.54) is 7.11 Å². The van der Waals surface area contributed by atoms with Crippen molar-refractivity contribution < 1.29 is 19.4 Å². The average molecular weight is 435 g/mol. The Bertz CT molecular complexity index is 698. The zero-order valence-corrected chi connectivity index (χ0v) is 18.9. The molecule has 0 aliphatic heterocycles. The van der Waals surface area contributed by atoms with Gasteiger partial charge in [-0.1, -0.05) is 56.2 Å². The fourth-order valence-corrected chi connectivity index (χ4v) is 4.68. The third-order valence-electron chi connectivity index (χ3n) is 5.99. The maximum atomic E-state index is 12.3. The van der Waals surface area contributed by atoms with Crippen molar-refractivity contribution in [2.45, 2.75) is 82.1 Å². The van der Waals surface area contributed by atoms with Crippen LogP contribution in [-0.2, 0) is 9.53 Å². The molecule has 1 aromatic rings. The van der Waals surface area contributed by atoms with Gasteiger partial charge in [0.1, 0.15) is 0 Å². The average Bonchev–Trinajstić information content (AvgIpc) is 3.03. The summed E-state index contributed by atoms with van der Waals surface area (Å²) < 4.78 is 4.65. The van der Waals surface area contributed by atoms with Gasteiger partial charge >= 0.3 is 5.97 Å². The van der Waals surface area contributed by atoms with Crippen molar-refractivity contribution in [3.05, 3.63) is 47.5 Å². The number of benzene rings is 1. The molecule has 1 aromatic carbocycles. The van der Waals surface area contributed by atoms with Crippen molar-refractivity contribution in [2.75, 3.05) is 7.11 Å². The van der Waals surface area contributed by atoms with Crippen LogP contribution in [0.3, 0.4) is 0 Å². The maximum Gasteiger partial charge on any atom is 0.305 e. The molecule has 5 heteroatoms. The molecule has 1 aliphatic rings. The minimum absolute atomic E-state index is 0.0311. The van der Waals surface area contributed by atoms with Crippen LogP contribution < -0.4 is 0 Å². The molecular formula is C25H35ClO4. The Hall–Kier alpha value is -1.65. The second-order valence-corrected chi connectivity index (χ2v) is 8.75. The van der Waals surface area contributed by atoms with E-state index in [9.17, 15) is 14.7 Å². The van der Waals surface area contributed by atoms with E-state index < -0.39 is 6.10 Å². The lowest BCUT2D eigenvalue weighted by molar-refractivity contribution is -0.140. The quantitative estimate of drug-likeness (QED) is 0.148. The number of halogens is 1. The highest BCUT2D eigenvalue weighted by molar-refractivity contribution is 6.21. The molecule has 0 heterocycles. The van der Waals surface area contributed by atoms with E-state index in [-0.39, 0.29) is 29.0 Å². The van der Waals surface area contributed by atoms with Crippen LogP contribution in [0.4, 0.5) is 0 Å². The van der Waals surface area contributed by atoms with Crippen molar-refractivity contribution in [1.82, 2.24) is 0 Å². The Morgan fingerprint density at radius 1 is 1.13 bits per heavy atom. The Balaban J connectivity index is 1.95. The minimum Gasteiger partial charge on any atom is -0.469 e. The van der Waals surface area contributed by atoms with Gasteiger partial charge in [0.25, 0.3) is 0 Å². The number of alkyl halides is 1. The molecule has 0 spiro atoms. The van der Waals surface area contributed by atoms with Gasteiger partial charge in [-0.2, -0.15) is 0 Å². The molecule has 2 rings (SSSR count). The number of aliphatic hydroxyl groups is 1. The first-order valence-electron chi connectivity index (χ1n) is 11.1. The van der Waals surface area contributed by atoms with Crippen molar-refractivity contribution in [2.24, 2.45) is 5.92 Å². The number of Topliss-reactive ketones (excluding diaryl/α,β-unsaturated/α-hetero) is 1. The standard InChI is InChI=1S/C25H35ClO4/c1-3-4-7-11-22(27)18-13-15-19(16-14-18)25-20(21(26)17-23(25)28)10-8-5-6-9-12-24(29)30-2/h5,8,13-16,20-21,23,25,28H,3-4,6-7,9-12,17H2,1-2H3/b8-5-/t20-,21?,23+,25?/m0/s1. The predicted molar refractivity (Wildman–Crippen MR) is 121 cm³/mol. The monoisotopic (exact) mass is 434 g/mol. The highest BCUT2D eigenvalue weighted by Crippen LogP contribution is 2.44. The van der Waals surface area contributed by atoms with Crippen molar-refractivity contribution in [1.29, 1.82) is 0 Å². The summed E-state index contributed by atoms with van der Waals surface area (Å²) in [5, 5.41) is 10.5. The molecule has 0 amide bonds. The number of ketones is 1. The summed E-state index contributed by atoms with van der Waals surface area (Å²) in [6.07, 6.45) is 10.8. The summed E-state index contributed by atoms with van der Waals surface area (Å²) in [7, 11) is 1.40. The molecule has 166 valence electrons. The van der Waals surface area contributed by atoms with Gasteiger partial charge in [-0.05, 0) is 43.6 Å². The lowest BCUT2D eigenvalue weighted by atomic mass is 9.85. The number of ether oxygens (including phenoxy) is 1. The van der Waals surface area contributed by atoms with Gasteiger partial charge in [-0.25, -0.2) is 0 Å². The molecule has 0 saturated heterocycles. The number of unbranched alkanes of at least 4 members (excludes halogenated alkanes) is 3. The van der Waals surface area contributed by atoms with Crippen LogP contribution in [0.1, 0.15) is 86.6 Å². The molecule has 1 saturated carbocycles. The van der Waals surface area contributed by atoms with Gasteiger partial charge in [-0.3, -0.25) is 9.59 Å². The van der Waals surface area contributed by atoms with Gasteiger partial charge in [0.05, 0.1) is 13.2 Å². The molecule has 4 atom stereocenters. The van der Waals surface area contributed by atoms with Crippen molar-refractivity contribution in [3.8, 4) is 0 Å². The summed E-state index contributed by atoms with van der Waals surface area (Å²) in [4.78, 5) is 23.5. The lowest BCUT2D eigenvalue weighted by Gasteiger charge is -2.23. The predicted octanol–water partition coefficient (Wildman–Crippen LogP) is 5.81. The summed E-state index contributed by atoms with van der Waals surface area (Å²) in [6, 6.07) is 7.72. The normalized spacial score (nSPS) is 23.7. The van der Waals surface area contributed by atoms with E-state index in [1.807, 2.05) is 24.3 Å². The molecule has 1 aliphatic carbocycles. The fourth-order valence-electron chi connectivity index (χ4n) is 4.23. The molecule has 4 nitrogen and oxygen atoms in total. The highest BCUT2D eigenvalue weighted by Gasteiger charge is 2.41. The van der Waals surface area contributed by atoms with Crippen LogP contribution in [0.25, 0.3) is 0 Å².